The first-order valence-electron chi connectivity index (χ1n) is 6.55. The summed E-state index contributed by atoms with van der Waals surface area (Å²) in [5, 5.41) is 13.0. The van der Waals surface area contributed by atoms with Gasteiger partial charge in [0.2, 0.25) is 0 Å². The summed E-state index contributed by atoms with van der Waals surface area (Å²) in [5.41, 5.74) is 0.301. The van der Waals surface area contributed by atoms with Crippen molar-refractivity contribution in [3.8, 4) is 0 Å². The van der Waals surface area contributed by atoms with E-state index in [1.165, 1.54) is 11.8 Å². The van der Waals surface area contributed by atoms with Gasteiger partial charge in [-0.3, -0.25) is 0 Å². The highest BCUT2D eigenvalue weighted by molar-refractivity contribution is 7.98. The van der Waals surface area contributed by atoms with Crippen molar-refractivity contribution in [3.05, 3.63) is 35.9 Å². The molecular formula is C15H23NO3S. The van der Waals surface area contributed by atoms with Crippen molar-refractivity contribution < 1.29 is 14.6 Å². The molecule has 0 saturated carbocycles. The van der Waals surface area contributed by atoms with E-state index in [9.17, 15) is 9.90 Å². The first-order chi connectivity index (χ1) is 9.33. The van der Waals surface area contributed by atoms with Crippen molar-refractivity contribution in [3.63, 3.8) is 0 Å². The van der Waals surface area contributed by atoms with Gasteiger partial charge in [-0.2, -0.15) is 11.8 Å². The molecule has 20 heavy (non-hydrogen) atoms. The second kappa shape index (κ2) is 7.55. The third kappa shape index (κ3) is 5.84. The van der Waals surface area contributed by atoms with E-state index >= 15 is 0 Å². The molecule has 0 heterocycles. The zero-order valence-electron chi connectivity index (χ0n) is 12.4. The van der Waals surface area contributed by atoms with Gasteiger partial charge in [0.15, 0.2) is 0 Å². The van der Waals surface area contributed by atoms with E-state index in [-0.39, 0.29) is 0 Å². The van der Waals surface area contributed by atoms with Crippen LogP contribution in [0.3, 0.4) is 0 Å². The molecule has 5 heteroatoms. The number of rotatable bonds is 5. The van der Waals surface area contributed by atoms with E-state index < -0.39 is 23.8 Å². The Bertz CT molecular complexity index is 417. The second-order valence-electron chi connectivity index (χ2n) is 5.56. The molecule has 2 N–H and O–H groups in total. The number of thioether (sulfide) groups is 1. The number of nitrogens with one attached hydrogen (secondary N) is 1. The summed E-state index contributed by atoms with van der Waals surface area (Å²) in [6, 6.07) is 8.95. The minimum atomic E-state index is -0.667. The first-order valence-corrected chi connectivity index (χ1v) is 7.94. The summed E-state index contributed by atoms with van der Waals surface area (Å²) >= 11 is 1.53. The van der Waals surface area contributed by atoms with Crippen molar-refractivity contribution in [2.45, 2.75) is 38.5 Å². The molecule has 2 atom stereocenters. The van der Waals surface area contributed by atoms with Gasteiger partial charge in [-0.25, -0.2) is 4.79 Å². The molecule has 1 amide bonds. The Balaban J connectivity index is 2.81. The van der Waals surface area contributed by atoms with Gasteiger partial charge in [0, 0.05) is 5.75 Å². The van der Waals surface area contributed by atoms with Gasteiger partial charge in [-0.05, 0) is 32.6 Å². The lowest BCUT2D eigenvalue weighted by Crippen LogP contribution is -2.40. The Morgan fingerprint density at radius 2 is 1.95 bits per heavy atom. The second-order valence-corrected chi connectivity index (χ2v) is 6.47. The zero-order valence-corrected chi connectivity index (χ0v) is 13.2. The molecule has 0 aromatic heterocycles. The van der Waals surface area contributed by atoms with E-state index in [2.05, 4.69) is 5.32 Å². The number of benzene rings is 1. The summed E-state index contributed by atoms with van der Waals surface area (Å²) in [6.07, 6.45) is 0.727. The minimum absolute atomic E-state index is 0.474. The summed E-state index contributed by atoms with van der Waals surface area (Å²) in [5.74, 6) is 0.537. The molecule has 4 nitrogen and oxygen atoms in total. The molecule has 0 saturated heterocycles. The van der Waals surface area contributed by atoms with Crippen LogP contribution in [0.1, 0.15) is 32.4 Å². The number of carbonyl (C=O) groups is 1. The maximum atomic E-state index is 11.9. The smallest absolute Gasteiger partial charge is 0.408 e. The predicted molar refractivity (Wildman–Crippen MR) is 82.9 cm³/mol. The van der Waals surface area contributed by atoms with E-state index in [0.29, 0.717) is 5.75 Å². The Morgan fingerprint density at radius 1 is 1.35 bits per heavy atom. The number of alkyl carbamates (subject to hydrolysis) is 1. The number of amides is 1. The van der Waals surface area contributed by atoms with Crippen LogP contribution in [0.2, 0.25) is 0 Å². The zero-order chi connectivity index (χ0) is 15.2. The molecule has 1 aromatic carbocycles. The van der Waals surface area contributed by atoms with Crippen molar-refractivity contribution in [1.82, 2.24) is 5.32 Å². The molecule has 0 aliphatic rings. The Kier molecular flexibility index (Phi) is 6.36. The lowest BCUT2D eigenvalue weighted by atomic mass is 10.0. The molecule has 1 aromatic rings. The average molecular weight is 297 g/mol. The van der Waals surface area contributed by atoms with Crippen LogP contribution in [-0.2, 0) is 4.74 Å². The average Bonchev–Trinajstić information content (AvgIpc) is 2.35. The molecule has 112 valence electrons. The summed E-state index contributed by atoms with van der Waals surface area (Å²) in [7, 11) is 0. The van der Waals surface area contributed by atoms with E-state index in [0.717, 1.165) is 5.56 Å². The van der Waals surface area contributed by atoms with Gasteiger partial charge < -0.3 is 15.2 Å². The molecule has 0 spiro atoms. The van der Waals surface area contributed by atoms with Crippen LogP contribution >= 0.6 is 11.8 Å². The fraction of sp³-hybridized carbons (Fsp3) is 0.533. The van der Waals surface area contributed by atoms with Crippen LogP contribution in [0.4, 0.5) is 4.79 Å². The van der Waals surface area contributed by atoms with Crippen molar-refractivity contribution >= 4 is 17.9 Å². The summed E-state index contributed by atoms with van der Waals surface area (Å²) in [4.78, 5) is 11.9. The van der Waals surface area contributed by atoms with Crippen molar-refractivity contribution in [2.75, 3.05) is 12.0 Å². The molecule has 1 rings (SSSR count). The fourth-order valence-corrected chi connectivity index (χ4v) is 2.30. The highest BCUT2D eigenvalue weighted by Crippen LogP contribution is 2.20. The molecule has 0 bridgehead atoms. The summed E-state index contributed by atoms with van der Waals surface area (Å²) in [6.45, 7) is 5.42. The molecule has 0 radical (unpaired) electrons. The maximum absolute atomic E-state index is 11.9. The van der Waals surface area contributed by atoms with Crippen LogP contribution in [0.15, 0.2) is 30.3 Å². The Labute approximate surface area is 124 Å². The molecule has 0 aliphatic carbocycles. The quantitative estimate of drug-likeness (QED) is 0.877. The van der Waals surface area contributed by atoms with Crippen LogP contribution in [0, 0.1) is 0 Å². The number of aliphatic hydroxyl groups excluding tert-OH is 1. The topological polar surface area (TPSA) is 58.6 Å². The van der Waals surface area contributed by atoms with Gasteiger partial charge >= 0.3 is 6.09 Å². The standard InChI is InChI=1S/C15H23NO3S/c1-15(2,3)19-14(18)16-13(12(17)10-20-4)11-8-6-5-7-9-11/h5-9,12-13,17H,10H2,1-4H3,(H,16,18)/t12-,13+/m1/s1. The third-order valence-corrected chi connectivity index (χ3v) is 3.23. The van der Waals surface area contributed by atoms with Gasteiger partial charge in [0.25, 0.3) is 0 Å². The lowest BCUT2D eigenvalue weighted by molar-refractivity contribution is 0.0439. The first kappa shape index (κ1) is 16.9. The van der Waals surface area contributed by atoms with Gasteiger partial charge in [0.05, 0.1) is 12.1 Å². The SMILES string of the molecule is CSC[C@@H](O)[C@@H](NC(=O)OC(C)(C)C)c1ccccc1. The number of carbonyl (C=O) groups excluding carboxylic acids is 1. The van der Waals surface area contributed by atoms with Gasteiger partial charge in [-0.1, -0.05) is 30.3 Å². The van der Waals surface area contributed by atoms with Crippen molar-refractivity contribution in [1.29, 1.82) is 0 Å². The molecule has 0 unspecified atom stereocenters. The highest BCUT2D eigenvalue weighted by atomic mass is 32.2. The minimum Gasteiger partial charge on any atom is -0.444 e. The van der Waals surface area contributed by atoms with E-state index in [1.54, 1.807) is 0 Å². The van der Waals surface area contributed by atoms with E-state index in [4.69, 9.17) is 4.74 Å². The van der Waals surface area contributed by atoms with Crippen LogP contribution in [0.5, 0.6) is 0 Å². The summed E-state index contributed by atoms with van der Waals surface area (Å²) < 4.78 is 5.25. The van der Waals surface area contributed by atoms with Crippen LogP contribution in [-0.4, -0.2) is 34.9 Å². The number of ether oxygens (including phenoxy) is 1. The molecular weight excluding hydrogens is 274 g/mol. The molecule has 0 aliphatic heterocycles. The number of aliphatic hydroxyl groups is 1. The Morgan fingerprint density at radius 3 is 2.45 bits per heavy atom. The lowest BCUT2D eigenvalue weighted by Gasteiger charge is -2.26. The highest BCUT2D eigenvalue weighted by Gasteiger charge is 2.25. The Hall–Kier alpha value is -1.20. The third-order valence-electron chi connectivity index (χ3n) is 2.55. The molecule has 0 fully saturated rings. The van der Waals surface area contributed by atoms with Gasteiger partial charge in [-0.15, -0.1) is 0 Å². The number of hydrogen-bond donors (Lipinski definition) is 2. The maximum Gasteiger partial charge on any atom is 0.408 e. The van der Waals surface area contributed by atoms with Crippen molar-refractivity contribution in [2.24, 2.45) is 0 Å². The number of hydrogen-bond acceptors (Lipinski definition) is 4. The monoisotopic (exact) mass is 297 g/mol. The predicted octanol–water partition coefficient (Wildman–Crippen LogP) is 2.98. The van der Waals surface area contributed by atoms with Gasteiger partial charge in [0.1, 0.15) is 5.60 Å². The van der Waals surface area contributed by atoms with E-state index in [1.807, 2.05) is 57.4 Å². The normalized spacial score (nSPS) is 14.4. The fourth-order valence-electron chi connectivity index (χ4n) is 1.76. The van der Waals surface area contributed by atoms with Crippen LogP contribution in [0.25, 0.3) is 0 Å². The largest absolute Gasteiger partial charge is 0.444 e. The van der Waals surface area contributed by atoms with Crippen LogP contribution < -0.4 is 5.32 Å².